The maximum atomic E-state index is 10.5. The molecule has 0 rings (SSSR count). The number of rotatable bonds is 2. The molecule has 0 aliphatic rings. The third-order valence-electron chi connectivity index (χ3n) is 0.928. The Morgan fingerprint density at radius 1 is 1.30 bits per heavy atom. The van der Waals surface area contributed by atoms with Crippen LogP contribution in [0.4, 0.5) is 0 Å². The summed E-state index contributed by atoms with van der Waals surface area (Å²) in [6.07, 6.45) is 0. The Hall–Kier alpha value is -0.336. The van der Waals surface area contributed by atoms with Crippen LogP contribution in [0.25, 0.3) is 0 Å². The van der Waals surface area contributed by atoms with Crippen LogP contribution in [0.1, 0.15) is 0 Å². The minimum absolute atomic E-state index is 0.123. The van der Waals surface area contributed by atoms with Gasteiger partial charge in [0, 0.05) is 20.5 Å². The van der Waals surface area contributed by atoms with Crippen LogP contribution >= 0.6 is 12.6 Å². The van der Waals surface area contributed by atoms with E-state index in [1.807, 2.05) is 0 Å². The molecule has 0 saturated carbocycles. The summed E-state index contributed by atoms with van der Waals surface area (Å²) in [5, 5.41) is 7.80. The van der Waals surface area contributed by atoms with E-state index < -0.39 is 11.1 Å². The summed E-state index contributed by atoms with van der Waals surface area (Å²) in [6.45, 7) is 0. The number of carbonyl (C=O) groups excluding carboxylic acids is 1. The fourth-order valence-corrected chi connectivity index (χ4v) is 2.14. The topological polar surface area (TPSA) is 54.4 Å². The average Bonchev–Trinajstić information content (AvgIpc) is 1.59. The third kappa shape index (κ3) is 2.50. The first-order valence-corrected chi connectivity index (χ1v) is 5.05. The fraction of sp³-hybridized carbons (Fsp3) is 0. The monoisotopic (exact) mass is 192 g/mol. The Bertz CT molecular complexity index is 191. The van der Waals surface area contributed by atoms with Gasteiger partial charge in [-0.1, -0.05) is 4.82 Å². The number of aliphatic carboxylic acids is 1. The molecule has 1 N–H and O–H groups in total. The van der Waals surface area contributed by atoms with Crippen molar-refractivity contribution in [1.29, 1.82) is 0 Å². The molecule has 0 aromatic heterocycles. The third-order valence-corrected chi connectivity index (χ3v) is 2.15. The molecule has 0 amide bonds. The Kier molecular flexibility index (Phi) is 3.61. The van der Waals surface area contributed by atoms with Crippen molar-refractivity contribution in [2.75, 3.05) is 0 Å². The summed E-state index contributed by atoms with van der Waals surface area (Å²) < 4.78 is 0. The SMILES string of the molecule is O=C(O)C(C(=O)S)=C([SiH3])[SiH3]. The first kappa shape index (κ1) is 9.66. The van der Waals surface area contributed by atoms with Gasteiger partial charge in [-0.2, -0.15) is 0 Å². The lowest BCUT2D eigenvalue weighted by Gasteiger charge is -1.96. The molecule has 0 atom stereocenters. The molecule has 0 radical (unpaired) electrons. The molecule has 3 nitrogen and oxygen atoms in total. The number of carboxylic acid groups (broad SMARTS) is 1. The molecule has 0 heterocycles. The lowest BCUT2D eigenvalue weighted by Crippen LogP contribution is -2.10. The van der Waals surface area contributed by atoms with Crippen LogP contribution < -0.4 is 0 Å². The molecule has 0 aliphatic carbocycles. The first-order valence-electron chi connectivity index (χ1n) is 2.61. The second-order valence-corrected chi connectivity index (χ2v) is 7.39. The van der Waals surface area contributed by atoms with Crippen LogP contribution in [0.15, 0.2) is 10.4 Å². The van der Waals surface area contributed by atoms with E-state index in [1.165, 1.54) is 0 Å². The molecule has 6 heteroatoms. The van der Waals surface area contributed by atoms with Crippen LogP contribution in [0.5, 0.6) is 0 Å². The molecule has 0 aromatic carbocycles. The fourth-order valence-electron chi connectivity index (χ4n) is 0.519. The van der Waals surface area contributed by atoms with E-state index >= 15 is 0 Å². The predicted molar refractivity (Wildman–Crippen MR) is 48.5 cm³/mol. The summed E-state index contributed by atoms with van der Waals surface area (Å²) in [4.78, 5) is 21.5. The van der Waals surface area contributed by atoms with Gasteiger partial charge in [-0.05, 0) is 0 Å². The molecule has 10 heavy (non-hydrogen) atoms. The largest absolute Gasteiger partial charge is 0.478 e. The summed E-state index contributed by atoms with van der Waals surface area (Å²) >= 11 is 3.44. The second kappa shape index (κ2) is 3.74. The second-order valence-electron chi connectivity index (χ2n) is 1.99. The lowest BCUT2D eigenvalue weighted by atomic mass is 10.3. The number of thiol groups is 1. The molecule has 0 fully saturated rings. The van der Waals surface area contributed by atoms with Crippen molar-refractivity contribution in [2.24, 2.45) is 0 Å². The number of hydrogen-bond acceptors (Lipinski definition) is 2. The van der Waals surface area contributed by atoms with E-state index in [2.05, 4.69) is 12.6 Å². The molecule has 0 saturated heterocycles. The van der Waals surface area contributed by atoms with Gasteiger partial charge in [-0.25, -0.2) is 4.79 Å². The van der Waals surface area contributed by atoms with Gasteiger partial charge in [0.1, 0.15) is 5.57 Å². The van der Waals surface area contributed by atoms with Gasteiger partial charge in [0.2, 0.25) is 5.12 Å². The zero-order valence-corrected chi connectivity index (χ0v) is 10.6. The molecule has 0 bridgehead atoms. The molecule has 0 aromatic rings. The zero-order valence-electron chi connectivity index (χ0n) is 5.71. The average molecular weight is 192 g/mol. The molecule has 0 unspecified atom stereocenters. The van der Waals surface area contributed by atoms with Crippen molar-refractivity contribution >= 4 is 44.2 Å². The van der Waals surface area contributed by atoms with Crippen molar-refractivity contribution in [3.63, 3.8) is 0 Å². The maximum absolute atomic E-state index is 10.5. The number of carboxylic acids is 1. The van der Waals surface area contributed by atoms with Gasteiger partial charge < -0.3 is 5.11 Å². The van der Waals surface area contributed by atoms with Crippen molar-refractivity contribution in [2.45, 2.75) is 0 Å². The highest BCUT2D eigenvalue weighted by Crippen LogP contribution is 2.02. The zero-order chi connectivity index (χ0) is 8.31. The van der Waals surface area contributed by atoms with E-state index in [0.717, 1.165) is 4.82 Å². The van der Waals surface area contributed by atoms with Gasteiger partial charge in [0.15, 0.2) is 0 Å². The lowest BCUT2D eigenvalue weighted by molar-refractivity contribution is -0.133. The van der Waals surface area contributed by atoms with Crippen molar-refractivity contribution < 1.29 is 14.7 Å². The van der Waals surface area contributed by atoms with E-state index in [4.69, 9.17) is 5.11 Å². The molecule has 0 spiro atoms. The highest BCUT2D eigenvalue weighted by molar-refractivity contribution is 7.97. The van der Waals surface area contributed by atoms with Crippen LogP contribution in [0.2, 0.25) is 0 Å². The van der Waals surface area contributed by atoms with E-state index in [1.54, 1.807) is 0 Å². The highest BCUT2D eigenvalue weighted by atomic mass is 32.1. The minimum atomic E-state index is -1.15. The summed E-state index contributed by atoms with van der Waals surface area (Å²) in [5.41, 5.74) is -0.123. The number of hydrogen-bond donors (Lipinski definition) is 2. The Morgan fingerprint density at radius 3 is 1.70 bits per heavy atom. The van der Waals surface area contributed by atoms with Gasteiger partial charge in [0.05, 0.1) is 0 Å². The maximum Gasteiger partial charge on any atom is 0.339 e. The smallest absolute Gasteiger partial charge is 0.339 e. The standard InChI is InChI=1S/C4H8O3SSi2/c5-2(6)1(3(7)8)4(9)10/h9-10H3,(H,5,6)(H,7,8). The van der Waals surface area contributed by atoms with Gasteiger partial charge in [-0.3, -0.25) is 4.79 Å². The normalized spacial score (nSPS) is 9.30. The van der Waals surface area contributed by atoms with Crippen molar-refractivity contribution in [3.8, 4) is 0 Å². The predicted octanol–water partition coefficient (Wildman–Crippen LogP) is -2.53. The van der Waals surface area contributed by atoms with E-state index in [9.17, 15) is 9.59 Å². The van der Waals surface area contributed by atoms with Gasteiger partial charge >= 0.3 is 5.97 Å². The molecule has 56 valence electrons. The highest BCUT2D eigenvalue weighted by Gasteiger charge is 2.13. The van der Waals surface area contributed by atoms with Crippen LogP contribution in [0, 0.1) is 0 Å². The number of carbonyl (C=O) groups is 2. The summed E-state index contributed by atoms with van der Waals surface area (Å²) in [6, 6.07) is 0. The van der Waals surface area contributed by atoms with E-state index in [-0.39, 0.29) is 5.57 Å². The summed E-state index contributed by atoms with van der Waals surface area (Å²) in [5.74, 6) is -1.15. The van der Waals surface area contributed by atoms with Crippen molar-refractivity contribution in [1.82, 2.24) is 0 Å². The van der Waals surface area contributed by atoms with Gasteiger partial charge in [-0.15, -0.1) is 12.6 Å². The summed E-state index contributed by atoms with van der Waals surface area (Å²) in [7, 11) is 1.28. The first-order chi connectivity index (χ1) is 4.46. The molecule has 0 aliphatic heterocycles. The quantitative estimate of drug-likeness (QED) is 0.167. The van der Waals surface area contributed by atoms with Crippen LogP contribution in [0.3, 0.4) is 0 Å². The van der Waals surface area contributed by atoms with Gasteiger partial charge in [0.25, 0.3) is 0 Å². The Labute approximate surface area is 69.8 Å². The minimum Gasteiger partial charge on any atom is -0.478 e. The van der Waals surface area contributed by atoms with Crippen LogP contribution in [-0.4, -0.2) is 36.7 Å². The van der Waals surface area contributed by atoms with E-state index in [0.29, 0.717) is 20.5 Å². The molecular weight excluding hydrogens is 184 g/mol. The van der Waals surface area contributed by atoms with Crippen molar-refractivity contribution in [3.05, 3.63) is 10.4 Å². The van der Waals surface area contributed by atoms with Crippen LogP contribution in [-0.2, 0) is 9.59 Å². The Balaban J connectivity index is 4.79. The Morgan fingerprint density at radius 2 is 1.70 bits per heavy atom. The molecular formula is C4H8O3SSi2.